The van der Waals surface area contributed by atoms with E-state index in [2.05, 4.69) is 0 Å². The van der Waals surface area contributed by atoms with Crippen molar-refractivity contribution in [2.75, 3.05) is 32.8 Å². The number of ether oxygens (including phenoxy) is 1. The fraction of sp³-hybridized carbons (Fsp3) is 0.500. The fourth-order valence-corrected chi connectivity index (χ4v) is 5.66. The Morgan fingerprint density at radius 3 is 2.40 bits per heavy atom. The Kier molecular flexibility index (Phi) is 6.42. The van der Waals surface area contributed by atoms with Crippen LogP contribution in [0.1, 0.15) is 34.3 Å². The largest absolute Gasteiger partial charge is 0.493 e. The zero-order chi connectivity index (χ0) is 21.1. The average Bonchev–Trinajstić information content (AvgIpc) is 3.39. The predicted molar refractivity (Wildman–Crippen MR) is 119 cm³/mol. The molecular formula is C24H30N2O3S. The van der Waals surface area contributed by atoms with E-state index < -0.39 is 0 Å². The molecule has 2 aliphatic heterocycles. The highest BCUT2D eigenvalue weighted by atomic mass is 32.1. The number of nitrogens with zero attached hydrogens (tertiary/aromatic N) is 2. The normalized spacial score (nSPS) is 22.3. The standard InChI is InChI=1S/C24H30N2O3S/c1-17-8-9-23(30-17)24(28)25-12-10-19(11-13-25)22-15-26(18(2)27)14-20(22)16-29-21-6-4-3-5-7-21/h3-9,19-20,22H,10-16H2,1-2H3/t20-,22-/m0/s1. The van der Waals surface area contributed by atoms with Crippen molar-refractivity contribution in [1.29, 1.82) is 0 Å². The molecule has 4 rings (SSSR count). The molecule has 2 amide bonds. The molecule has 0 N–H and O–H groups in total. The molecule has 1 aromatic heterocycles. The van der Waals surface area contributed by atoms with Crippen molar-refractivity contribution in [2.24, 2.45) is 17.8 Å². The van der Waals surface area contributed by atoms with Gasteiger partial charge in [0, 0.05) is 43.9 Å². The summed E-state index contributed by atoms with van der Waals surface area (Å²) < 4.78 is 6.06. The summed E-state index contributed by atoms with van der Waals surface area (Å²) in [7, 11) is 0. The quantitative estimate of drug-likeness (QED) is 0.724. The minimum atomic E-state index is 0.142. The molecule has 0 radical (unpaired) electrons. The van der Waals surface area contributed by atoms with E-state index in [4.69, 9.17) is 4.74 Å². The van der Waals surface area contributed by atoms with Crippen molar-refractivity contribution in [3.05, 3.63) is 52.2 Å². The van der Waals surface area contributed by atoms with Crippen LogP contribution in [0.15, 0.2) is 42.5 Å². The van der Waals surface area contributed by atoms with E-state index in [0.717, 1.165) is 49.6 Å². The Balaban J connectivity index is 1.37. The predicted octanol–water partition coefficient (Wildman–Crippen LogP) is 4.08. The van der Waals surface area contributed by atoms with Gasteiger partial charge in [-0.15, -0.1) is 11.3 Å². The van der Waals surface area contributed by atoms with Gasteiger partial charge in [-0.2, -0.15) is 0 Å². The number of hydrogen-bond acceptors (Lipinski definition) is 4. The van der Waals surface area contributed by atoms with Gasteiger partial charge in [-0.25, -0.2) is 0 Å². The van der Waals surface area contributed by atoms with Gasteiger partial charge in [0.05, 0.1) is 11.5 Å². The Morgan fingerprint density at radius 2 is 1.77 bits per heavy atom. The summed E-state index contributed by atoms with van der Waals surface area (Å²) >= 11 is 1.57. The van der Waals surface area contributed by atoms with Crippen molar-refractivity contribution in [1.82, 2.24) is 9.80 Å². The third-order valence-electron chi connectivity index (χ3n) is 6.53. The van der Waals surface area contributed by atoms with Gasteiger partial charge in [0.25, 0.3) is 5.91 Å². The first-order valence-electron chi connectivity index (χ1n) is 10.8. The SMILES string of the molecule is CC(=O)N1C[C@@H](COc2ccccc2)[C@H](C2CCN(C(=O)c3ccc(C)s3)CC2)C1. The summed E-state index contributed by atoms with van der Waals surface area (Å²) in [5.41, 5.74) is 0. The topological polar surface area (TPSA) is 49.9 Å². The highest BCUT2D eigenvalue weighted by molar-refractivity contribution is 7.13. The second kappa shape index (κ2) is 9.21. The highest BCUT2D eigenvalue weighted by Crippen LogP contribution is 2.36. The number of carbonyl (C=O) groups is 2. The number of hydrogen-bond donors (Lipinski definition) is 0. The summed E-state index contributed by atoms with van der Waals surface area (Å²) in [5, 5.41) is 0. The maximum absolute atomic E-state index is 12.8. The Bertz CT molecular complexity index is 874. The molecule has 30 heavy (non-hydrogen) atoms. The Labute approximate surface area is 182 Å². The van der Waals surface area contributed by atoms with Gasteiger partial charge in [-0.1, -0.05) is 18.2 Å². The zero-order valence-electron chi connectivity index (χ0n) is 17.8. The van der Waals surface area contributed by atoms with Gasteiger partial charge < -0.3 is 14.5 Å². The number of rotatable bonds is 5. The van der Waals surface area contributed by atoms with Crippen LogP contribution in [0.4, 0.5) is 0 Å². The number of likely N-dealkylation sites (tertiary alicyclic amines) is 2. The highest BCUT2D eigenvalue weighted by Gasteiger charge is 2.40. The van der Waals surface area contributed by atoms with Crippen LogP contribution in [-0.2, 0) is 4.79 Å². The summed E-state index contributed by atoms with van der Waals surface area (Å²) in [4.78, 5) is 30.8. The van der Waals surface area contributed by atoms with Crippen molar-refractivity contribution >= 4 is 23.2 Å². The molecule has 3 heterocycles. The van der Waals surface area contributed by atoms with Gasteiger partial charge in [0.15, 0.2) is 0 Å². The van der Waals surface area contributed by atoms with Crippen LogP contribution in [-0.4, -0.2) is 54.4 Å². The average molecular weight is 427 g/mol. The molecule has 2 aromatic rings. The summed E-state index contributed by atoms with van der Waals surface area (Å²) in [6.07, 6.45) is 1.99. The molecule has 0 spiro atoms. The van der Waals surface area contributed by atoms with Crippen molar-refractivity contribution in [3.8, 4) is 5.75 Å². The maximum Gasteiger partial charge on any atom is 0.263 e. The molecule has 0 bridgehead atoms. The van der Waals surface area contributed by atoms with Crippen molar-refractivity contribution in [2.45, 2.75) is 26.7 Å². The molecule has 160 valence electrons. The maximum atomic E-state index is 12.8. The summed E-state index contributed by atoms with van der Waals surface area (Å²) in [6.45, 7) is 7.48. The molecule has 0 saturated carbocycles. The van der Waals surface area contributed by atoms with E-state index in [9.17, 15) is 9.59 Å². The third-order valence-corrected chi connectivity index (χ3v) is 7.52. The van der Waals surface area contributed by atoms with E-state index >= 15 is 0 Å². The van der Waals surface area contributed by atoms with E-state index in [1.54, 1.807) is 18.3 Å². The monoisotopic (exact) mass is 426 g/mol. The molecule has 2 fully saturated rings. The fourth-order valence-electron chi connectivity index (χ4n) is 4.82. The van der Waals surface area contributed by atoms with Crippen LogP contribution in [0, 0.1) is 24.7 Å². The summed E-state index contributed by atoms with van der Waals surface area (Å²) in [6, 6.07) is 13.8. The number of amides is 2. The molecule has 0 unspecified atom stereocenters. The lowest BCUT2D eigenvalue weighted by atomic mass is 9.78. The first-order chi connectivity index (χ1) is 14.5. The smallest absolute Gasteiger partial charge is 0.263 e. The van der Waals surface area contributed by atoms with Crippen LogP contribution in [0.2, 0.25) is 0 Å². The number of thiophene rings is 1. The molecule has 0 aliphatic carbocycles. The van der Waals surface area contributed by atoms with Crippen LogP contribution in [0.3, 0.4) is 0 Å². The zero-order valence-corrected chi connectivity index (χ0v) is 18.6. The van der Waals surface area contributed by atoms with Crippen molar-refractivity contribution < 1.29 is 14.3 Å². The van der Waals surface area contributed by atoms with Gasteiger partial charge in [0.1, 0.15) is 5.75 Å². The molecule has 2 aliphatic rings. The minimum absolute atomic E-state index is 0.142. The molecule has 2 saturated heterocycles. The lowest BCUT2D eigenvalue weighted by Gasteiger charge is -2.36. The van der Waals surface area contributed by atoms with E-state index in [1.165, 1.54) is 4.88 Å². The minimum Gasteiger partial charge on any atom is -0.493 e. The molecule has 5 nitrogen and oxygen atoms in total. The second-order valence-corrected chi connectivity index (χ2v) is 9.80. The lowest BCUT2D eigenvalue weighted by Crippen LogP contribution is -2.41. The molecular weight excluding hydrogens is 396 g/mol. The van der Waals surface area contributed by atoms with Gasteiger partial charge in [-0.3, -0.25) is 9.59 Å². The molecule has 6 heteroatoms. The van der Waals surface area contributed by atoms with Crippen LogP contribution >= 0.6 is 11.3 Å². The van der Waals surface area contributed by atoms with E-state index in [-0.39, 0.29) is 11.8 Å². The third kappa shape index (κ3) is 4.69. The number of para-hydroxylation sites is 1. The number of carbonyl (C=O) groups excluding carboxylic acids is 2. The number of piperidine rings is 1. The summed E-state index contributed by atoms with van der Waals surface area (Å²) in [5.74, 6) is 2.47. The van der Waals surface area contributed by atoms with Crippen LogP contribution in [0.5, 0.6) is 5.75 Å². The molecule has 1 aromatic carbocycles. The number of benzene rings is 1. The van der Waals surface area contributed by atoms with Gasteiger partial charge in [-0.05, 0) is 55.9 Å². The van der Waals surface area contributed by atoms with E-state index in [1.807, 2.05) is 59.2 Å². The Hall–Kier alpha value is -2.34. The molecule has 2 atom stereocenters. The van der Waals surface area contributed by atoms with Crippen molar-refractivity contribution in [3.63, 3.8) is 0 Å². The second-order valence-electron chi connectivity index (χ2n) is 8.51. The first kappa shape index (κ1) is 20.9. The van der Waals surface area contributed by atoms with Crippen LogP contribution < -0.4 is 4.74 Å². The Morgan fingerprint density at radius 1 is 1.03 bits per heavy atom. The van der Waals surface area contributed by atoms with Gasteiger partial charge in [0.2, 0.25) is 5.91 Å². The lowest BCUT2D eigenvalue weighted by molar-refractivity contribution is -0.128. The van der Waals surface area contributed by atoms with Crippen LogP contribution in [0.25, 0.3) is 0 Å². The first-order valence-corrected chi connectivity index (χ1v) is 11.6. The van der Waals surface area contributed by atoms with Gasteiger partial charge >= 0.3 is 0 Å². The van der Waals surface area contributed by atoms with E-state index in [0.29, 0.717) is 24.4 Å². The number of aryl methyl sites for hydroxylation is 1.